The first-order valence-electron chi connectivity index (χ1n) is 3.63. The summed E-state index contributed by atoms with van der Waals surface area (Å²) >= 11 is 4.71. The standard InChI is InChI=1S/C6H6.C3H6OS2/c1-2-4-6-5-3-1;1-2-6-3(4)5/h1-6H;2H2,1H3,(H,4,5). The van der Waals surface area contributed by atoms with Crippen molar-refractivity contribution < 1.29 is 4.79 Å². The van der Waals surface area contributed by atoms with Crippen molar-refractivity contribution in [2.75, 3.05) is 5.75 Å². The first-order chi connectivity index (χ1) is 5.77. The molecule has 0 N–H and O–H groups in total. The van der Waals surface area contributed by atoms with Crippen molar-refractivity contribution in [1.29, 1.82) is 0 Å². The van der Waals surface area contributed by atoms with Crippen LogP contribution in [0.2, 0.25) is 0 Å². The predicted octanol–water partition coefficient (Wildman–Crippen LogP) is 3.48. The molecule has 0 aliphatic heterocycles. The molecule has 0 saturated heterocycles. The molecule has 0 bridgehead atoms. The Morgan fingerprint density at radius 1 is 1.17 bits per heavy atom. The Labute approximate surface area is 83.0 Å². The van der Waals surface area contributed by atoms with Crippen molar-refractivity contribution in [1.82, 2.24) is 0 Å². The largest absolute Gasteiger partial charge is 0.275 e. The molecule has 0 aliphatic rings. The van der Waals surface area contributed by atoms with Gasteiger partial charge in [-0.2, -0.15) is 0 Å². The van der Waals surface area contributed by atoms with E-state index in [1.54, 1.807) is 0 Å². The first kappa shape index (κ1) is 11.6. The third-order valence-electron chi connectivity index (χ3n) is 0.934. The Hall–Kier alpha value is -0.410. The highest BCUT2D eigenvalue weighted by Crippen LogP contribution is 2.03. The van der Waals surface area contributed by atoms with Gasteiger partial charge in [0.05, 0.1) is 0 Å². The maximum atomic E-state index is 9.87. The van der Waals surface area contributed by atoms with Crippen LogP contribution in [-0.2, 0) is 0 Å². The van der Waals surface area contributed by atoms with Crippen LogP contribution in [0.3, 0.4) is 0 Å². The zero-order valence-corrected chi connectivity index (χ0v) is 8.65. The number of benzene rings is 1. The molecule has 0 aliphatic carbocycles. The number of carbonyl (C=O) groups excluding carboxylic acids is 1. The molecule has 0 spiro atoms. The van der Waals surface area contributed by atoms with Gasteiger partial charge in [-0.15, -0.1) is 0 Å². The van der Waals surface area contributed by atoms with Gasteiger partial charge in [0.2, 0.25) is 4.45 Å². The molecule has 1 rings (SSSR count). The van der Waals surface area contributed by atoms with Gasteiger partial charge in [0.15, 0.2) is 0 Å². The fourth-order valence-electron chi connectivity index (χ4n) is 0.508. The van der Waals surface area contributed by atoms with Crippen LogP contribution in [0.5, 0.6) is 0 Å². The van der Waals surface area contributed by atoms with E-state index in [0.29, 0.717) is 0 Å². The number of hydrogen-bond donors (Lipinski definition) is 1. The summed E-state index contributed by atoms with van der Waals surface area (Å²) in [5.41, 5.74) is 0. The SMILES string of the molecule is CCSC(=O)S.c1ccccc1. The van der Waals surface area contributed by atoms with Gasteiger partial charge in [-0.05, 0) is 5.75 Å². The van der Waals surface area contributed by atoms with Gasteiger partial charge in [0, 0.05) is 0 Å². The Kier molecular flexibility index (Phi) is 8.39. The lowest BCUT2D eigenvalue weighted by Crippen LogP contribution is -1.70. The minimum Gasteiger partial charge on any atom is -0.275 e. The summed E-state index contributed by atoms with van der Waals surface area (Å²) in [5.74, 6) is 0.822. The van der Waals surface area contributed by atoms with Crippen molar-refractivity contribution >= 4 is 28.8 Å². The molecule has 1 aromatic carbocycles. The molecule has 0 amide bonds. The van der Waals surface area contributed by atoms with E-state index in [1.165, 1.54) is 11.8 Å². The summed E-state index contributed by atoms with van der Waals surface area (Å²) in [6.07, 6.45) is 0. The number of thioether (sulfide) groups is 1. The van der Waals surface area contributed by atoms with Crippen molar-refractivity contribution in [3.8, 4) is 0 Å². The lowest BCUT2D eigenvalue weighted by Gasteiger charge is -1.79. The summed E-state index contributed by atoms with van der Waals surface area (Å²) in [6.45, 7) is 1.92. The van der Waals surface area contributed by atoms with Gasteiger partial charge in [-0.25, -0.2) is 0 Å². The maximum absolute atomic E-state index is 9.87. The van der Waals surface area contributed by atoms with E-state index in [4.69, 9.17) is 0 Å². The van der Waals surface area contributed by atoms with E-state index in [9.17, 15) is 4.79 Å². The number of hydrogen-bond acceptors (Lipinski definition) is 2. The van der Waals surface area contributed by atoms with Crippen molar-refractivity contribution in [2.24, 2.45) is 0 Å². The Balaban J connectivity index is 0.000000202. The van der Waals surface area contributed by atoms with Gasteiger partial charge in [0.25, 0.3) is 0 Å². The van der Waals surface area contributed by atoms with Crippen LogP contribution in [0.15, 0.2) is 36.4 Å². The van der Waals surface area contributed by atoms with E-state index in [2.05, 4.69) is 12.6 Å². The van der Waals surface area contributed by atoms with Crippen molar-refractivity contribution in [2.45, 2.75) is 6.92 Å². The monoisotopic (exact) mass is 200 g/mol. The van der Waals surface area contributed by atoms with Gasteiger partial charge in [-0.1, -0.05) is 67.7 Å². The quantitative estimate of drug-likeness (QED) is 0.699. The fraction of sp³-hybridized carbons (Fsp3) is 0.222. The third-order valence-corrected chi connectivity index (χ3v) is 1.86. The second kappa shape index (κ2) is 8.68. The van der Waals surface area contributed by atoms with Crippen LogP contribution in [0.1, 0.15) is 6.92 Å². The summed E-state index contributed by atoms with van der Waals surface area (Å²) in [6, 6.07) is 12.0. The second-order valence-corrected chi connectivity index (χ2v) is 3.80. The van der Waals surface area contributed by atoms with Crippen LogP contribution in [0.4, 0.5) is 4.79 Å². The van der Waals surface area contributed by atoms with Gasteiger partial charge in [0.1, 0.15) is 0 Å². The summed E-state index contributed by atoms with van der Waals surface area (Å²) in [4.78, 5) is 9.87. The molecular formula is C9H12OS2. The summed E-state index contributed by atoms with van der Waals surface area (Å²) < 4.78 is -0.0995. The highest BCUT2D eigenvalue weighted by molar-refractivity contribution is 8.32. The van der Waals surface area contributed by atoms with E-state index in [1.807, 2.05) is 43.3 Å². The molecule has 1 nitrogen and oxygen atoms in total. The van der Waals surface area contributed by atoms with E-state index >= 15 is 0 Å². The lowest BCUT2D eigenvalue weighted by atomic mass is 10.4. The van der Waals surface area contributed by atoms with Crippen LogP contribution in [0, 0.1) is 0 Å². The molecule has 0 unspecified atom stereocenters. The van der Waals surface area contributed by atoms with Gasteiger partial charge < -0.3 is 0 Å². The number of rotatable bonds is 1. The van der Waals surface area contributed by atoms with Gasteiger partial charge >= 0.3 is 0 Å². The molecule has 0 radical (unpaired) electrons. The van der Waals surface area contributed by atoms with Crippen molar-refractivity contribution in [3.05, 3.63) is 36.4 Å². The number of carbonyl (C=O) groups is 1. The van der Waals surface area contributed by atoms with Crippen LogP contribution >= 0.6 is 24.4 Å². The van der Waals surface area contributed by atoms with E-state index < -0.39 is 0 Å². The predicted molar refractivity (Wildman–Crippen MR) is 59.0 cm³/mol. The number of thiol groups is 1. The smallest absolute Gasteiger partial charge is 0.242 e. The van der Waals surface area contributed by atoms with Gasteiger partial charge in [-0.3, -0.25) is 4.79 Å². The molecule has 0 fully saturated rings. The summed E-state index contributed by atoms with van der Waals surface area (Å²) in [7, 11) is 0. The Morgan fingerprint density at radius 2 is 1.50 bits per heavy atom. The average Bonchev–Trinajstić information content (AvgIpc) is 2.08. The van der Waals surface area contributed by atoms with Crippen LogP contribution < -0.4 is 0 Å². The molecular weight excluding hydrogens is 188 g/mol. The molecule has 0 heterocycles. The minimum absolute atomic E-state index is 0.0995. The fourth-order valence-corrected chi connectivity index (χ4v) is 1.14. The zero-order chi connectivity index (χ0) is 9.23. The molecule has 0 aromatic heterocycles. The van der Waals surface area contributed by atoms with Crippen LogP contribution in [-0.4, -0.2) is 10.2 Å². The second-order valence-electron chi connectivity index (χ2n) is 1.85. The van der Waals surface area contributed by atoms with Crippen molar-refractivity contribution in [3.63, 3.8) is 0 Å². The van der Waals surface area contributed by atoms with E-state index in [0.717, 1.165) is 5.75 Å². The molecule has 0 atom stereocenters. The molecule has 1 aromatic rings. The average molecular weight is 200 g/mol. The Morgan fingerprint density at radius 3 is 1.58 bits per heavy atom. The zero-order valence-electron chi connectivity index (χ0n) is 6.93. The van der Waals surface area contributed by atoms with E-state index in [-0.39, 0.29) is 4.45 Å². The molecule has 66 valence electrons. The molecule has 3 heteroatoms. The topological polar surface area (TPSA) is 17.1 Å². The highest BCUT2D eigenvalue weighted by Gasteiger charge is 1.85. The highest BCUT2D eigenvalue weighted by atomic mass is 32.2. The normalized spacial score (nSPS) is 8.17. The Bertz CT molecular complexity index is 172. The molecule has 12 heavy (non-hydrogen) atoms. The lowest BCUT2D eigenvalue weighted by molar-refractivity contribution is 0.277. The third kappa shape index (κ3) is 9.59. The minimum atomic E-state index is -0.0995. The first-order valence-corrected chi connectivity index (χ1v) is 5.06. The summed E-state index contributed by atoms with van der Waals surface area (Å²) in [5, 5.41) is 0. The molecule has 0 saturated carbocycles. The van der Waals surface area contributed by atoms with Crippen LogP contribution in [0.25, 0.3) is 0 Å². The maximum Gasteiger partial charge on any atom is 0.242 e.